The summed E-state index contributed by atoms with van der Waals surface area (Å²) >= 11 is 6.65. The second-order valence-corrected chi connectivity index (χ2v) is 9.68. The van der Waals surface area contributed by atoms with Gasteiger partial charge in [0.05, 0.1) is 21.2 Å². The molecule has 0 aliphatic carbocycles. The molecule has 0 bridgehead atoms. The Kier molecular flexibility index (Phi) is 5.94. The van der Waals surface area contributed by atoms with Crippen LogP contribution in [0.5, 0.6) is 0 Å². The van der Waals surface area contributed by atoms with E-state index >= 15 is 0 Å². The highest BCUT2D eigenvalue weighted by atomic mass is 32.2. The number of anilines is 1. The van der Waals surface area contributed by atoms with E-state index in [4.69, 9.17) is 12.2 Å². The number of hydrogen-bond donors (Lipinski definition) is 0. The molecule has 11 heteroatoms. The van der Waals surface area contributed by atoms with Crippen LogP contribution in [0.25, 0.3) is 17.5 Å². The molecule has 0 atom stereocenters. The first-order valence-corrected chi connectivity index (χ1v) is 12.0. The molecule has 5 rings (SSSR count). The van der Waals surface area contributed by atoms with Crippen LogP contribution in [0.2, 0.25) is 0 Å². The first kappa shape index (κ1) is 23.5. The average molecular weight is 518 g/mol. The number of aromatic nitrogens is 3. The summed E-state index contributed by atoms with van der Waals surface area (Å²) in [5.74, 6) is -0.382. The predicted octanol–water partition coefficient (Wildman–Crippen LogP) is 4.59. The van der Waals surface area contributed by atoms with E-state index in [-0.39, 0.29) is 27.2 Å². The standard InChI is InChI=1S/C25H19N5O4S2/c1-16-22(24(32)29(26(16)2)18-7-4-3-5-8-18)28-23(31)21(36-25(28)35)15-20-9-6-14-27(20)17-10-12-19(13-11-17)30(33)34/h3-15H,1-2H3/b21-15-. The average Bonchev–Trinajstić information content (AvgIpc) is 3.50. The van der Waals surface area contributed by atoms with Gasteiger partial charge in [-0.05, 0) is 49.4 Å². The number of hydrogen-bond acceptors (Lipinski definition) is 6. The smallest absolute Gasteiger partial charge is 0.296 e. The van der Waals surface area contributed by atoms with Crippen LogP contribution >= 0.6 is 24.0 Å². The van der Waals surface area contributed by atoms with E-state index in [1.165, 1.54) is 21.7 Å². The van der Waals surface area contributed by atoms with Crippen molar-refractivity contribution in [2.24, 2.45) is 7.05 Å². The molecule has 1 fully saturated rings. The number of nitrogens with zero attached hydrogens (tertiary/aromatic N) is 5. The molecule has 1 aliphatic rings. The van der Waals surface area contributed by atoms with Gasteiger partial charge in [0, 0.05) is 36.8 Å². The minimum atomic E-state index is -0.455. The molecule has 1 saturated heterocycles. The highest BCUT2D eigenvalue weighted by Gasteiger charge is 2.37. The van der Waals surface area contributed by atoms with Gasteiger partial charge < -0.3 is 4.57 Å². The Hall–Kier alpha value is -4.22. The van der Waals surface area contributed by atoms with Crippen LogP contribution in [0, 0.1) is 17.0 Å². The second kappa shape index (κ2) is 9.10. The van der Waals surface area contributed by atoms with Crippen LogP contribution < -0.4 is 10.5 Å². The summed E-state index contributed by atoms with van der Waals surface area (Å²) in [5, 5.41) is 11.0. The molecule has 1 aliphatic heterocycles. The topological polar surface area (TPSA) is 95.3 Å². The molecule has 0 unspecified atom stereocenters. The number of benzene rings is 2. The molecule has 2 aromatic carbocycles. The van der Waals surface area contributed by atoms with E-state index in [2.05, 4.69) is 0 Å². The fourth-order valence-electron chi connectivity index (χ4n) is 4.09. The SMILES string of the molecule is Cc1c(N2C(=O)/C(=C/c3cccn3-c3ccc([N+](=O)[O-])cc3)SC2=S)c(=O)n(-c2ccccc2)n1C. The molecule has 0 N–H and O–H groups in total. The van der Waals surface area contributed by atoms with Crippen molar-refractivity contribution >= 4 is 51.7 Å². The lowest BCUT2D eigenvalue weighted by Crippen LogP contribution is -2.33. The zero-order valence-corrected chi connectivity index (χ0v) is 20.8. The lowest BCUT2D eigenvalue weighted by Gasteiger charge is -2.12. The van der Waals surface area contributed by atoms with Crippen molar-refractivity contribution in [3.8, 4) is 11.4 Å². The number of nitro benzene ring substituents is 1. The predicted molar refractivity (Wildman–Crippen MR) is 144 cm³/mol. The van der Waals surface area contributed by atoms with E-state index in [9.17, 15) is 19.7 Å². The minimum absolute atomic E-state index is 0.00674. The Bertz CT molecular complexity index is 1610. The third-order valence-electron chi connectivity index (χ3n) is 5.94. The first-order chi connectivity index (χ1) is 17.3. The second-order valence-electron chi connectivity index (χ2n) is 8.00. The molecule has 1 amide bonds. The summed E-state index contributed by atoms with van der Waals surface area (Å²) in [5.41, 5.74) is 2.56. The molecule has 4 aromatic rings. The molecular formula is C25H19N5O4S2. The molecule has 180 valence electrons. The summed E-state index contributed by atoms with van der Waals surface area (Å²) in [6.07, 6.45) is 3.50. The number of para-hydroxylation sites is 1. The number of nitro groups is 1. The van der Waals surface area contributed by atoms with Gasteiger partial charge in [0.2, 0.25) is 0 Å². The summed E-state index contributed by atoms with van der Waals surface area (Å²) < 4.78 is 5.29. The normalized spacial score (nSPS) is 14.7. The van der Waals surface area contributed by atoms with Gasteiger partial charge in [-0.25, -0.2) is 4.68 Å². The Morgan fingerprint density at radius 3 is 2.33 bits per heavy atom. The van der Waals surface area contributed by atoms with Gasteiger partial charge in [0.1, 0.15) is 5.69 Å². The summed E-state index contributed by atoms with van der Waals surface area (Å²) in [6.45, 7) is 1.78. The van der Waals surface area contributed by atoms with Crippen LogP contribution in [0.4, 0.5) is 11.4 Å². The van der Waals surface area contributed by atoms with Crippen LogP contribution in [-0.4, -0.2) is 29.1 Å². The Labute approximate surface area is 215 Å². The van der Waals surface area contributed by atoms with E-state index in [1.54, 1.807) is 43.1 Å². The molecule has 0 radical (unpaired) electrons. The lowest BCUT2D eigenvalue weighted by atomic mass is 10.2. The van der Waals surface area contributed by atoms with E-state index in [0.717, 1.165) is 11.8 Å². The van der Waals surface area contributed by atoms with Crippen LogP contribution in [0.1, 0.15) is 11.4 Å². The number of rotatable bonds is 5. The fourth-order valence-corrected chi connectivity index (χ4v) is 5.34. The van der Waals surface area contributed by atoms with Gasteiger partial charge in [-0.3, -0.25) is 29.3 Å². The quantitative estimate of drug-likeness (QED) is 0.166. The highest BCUT2D eigenvalue weighted by Crippen LogP contribution is 2.36. The largest absolute Gasteiger partial charge is 0.317 e. The van der Waals surface area contributed by atoms with Crippen LogP contribution in [0.3, 0.4) is 0 Å². The summed E-state index contributed by atoms with van der Waals surface area (Å²) in [7, 11) is 1.76. The van der Waals surface area contributed by atoms with Gasteiger partial charge in [-0.2, -0.15) is 0 Å². The Balaban J connectivity index is 1.52. The minimum Gasteiger partial charge on any atom is -0.317 e. The van der Waals surface area contributed by atoms with Crippen LogP contribution in [0.15, 0.2) is 82.6 Å². The number of amides is 1. The Morgan fingerprint density at radius 1 is 0.972 bits per heavy atom. The van der Waals surface area contributed by atoms with Crippen molar-refractivity contribution < 1.29 is 9.72 Å². The van der Waals surface area contributed by atoms with Crippen molar-refractivity contribution in [3.05, 3.63) is 110 Å². The maximum absolute atomic E-state index is 13.5. The molecule has 0 saturated carbocycles. The lowest BCUT2D eigenvalue weighted by molar-refractivity contribution is -0.384. The van der Waals surface area contributed by atoms with Crippen molar-refractivity contribution in [2.75, 3.05) is 4.90 Å². The van der Waals surface area contributed by atoms with Crippen molar-refractivity contribution in [3.63, 3.8) is 0 Å². The third kappa shape index (κ3) is 3.88. The van der Waals surface area contributed by atoms with E-state index in [1.807, 2.05) is 47.0 Å². The molecule has 9 nitrogen and oxygen atoms in total. The van der Waals surface area contributed by atoms with Gasteiger partial charge in [0.25, 0.3) is 17.2 Å². The van der Waals surface area contributed by atoms with Gasteiger partial charge >= 0.3 is 0 Å². The van der Waals surface area contributed by atoms with Gasteiger partial charge in [-0.1, -0.05) is 42.2 Å². The first-order valence-electron chi connectivity index (χ1n) is 10.8. The fraction of sp³-hybridized carbons (Fsp3) is 0.0800. The van der Waals surface area contributed by atoms with Crippen molar-refractivity contribution in [1.82, 2.24) is 13.9 Å². The van der Waals surface area contributed by atoms with E-state index in [0.29, 0.717) is 27.7 Å². The van der Waals surface area contributed by atoms with Crippen molar-refractivity contribution in [2.45, 2.75) is 6.92 Å². The highest BCUT2D eigenvalue weighted by molar-refractivity contribution is 8.27. The maximum atomic E-state index is 13.5. The molecule has 2 aromatic heterocycles. The number of thioether (sulfide) groups is 1. The summed E-state index contributed by atoms with van der Waals surface area (Å²) in [6, 6.07) is 19.0. The maximum Gasteiger partial charge on any atom is 0.296 e. The summed E-state index contributed by atoms with van der Waals surface area (Å²) in [4.78, 5) is 39.1. The monoisotopic (exact) mass is 517 g/mol. The Morgan fingerprint density at radius 2 is 1.67 bits per heavy atom. The van der Waals surface area contributed by atoms with Gasteiger partial charge in [-0.15, -0.1) is 0 Å². The number of carbonyl (C=O) groups excluding carboxylic acids is 1. The molecule has 0 spiro atoms. The zero-order chi connectivity index (χ0) is 25.6. The molecule has 3 heterocycles. The van der Waals surface area contributed by atoms with E-state index < -0.39 is 4.92 Å². The van der Waals surface area contributed by atoms with Crippen LogP contribution in [-0.2, 0) is 11.8 Å². The number of thiocarbonyl (C=S) groups is 1. The zero-order valence-electron chi connectivity index (χ0n) is 19.2. The third-order valence-corrected chi connectivity index (χ3v) is 7.24. The molecule has 36 heavy (non-hydrogen) atoms. The number of carbonyl (C=O) groups is 1. The van der Waals surface area contributed by atoms with Gasteiger partial charge in [0.15, 0.2) is 4.32 Å². The van der Waals surface area contributed by atoms with Crippen molar-refractivity contribution in [1.29, 1.82) is 0 Å². The number of non-ortho nitro benzene ring substituents is 1. The molecular weight excluding hydrogens is 498 g/mol.